The Kier molecular flexibility index (Phi) is 6.01. The van der Waals surface area contributed by atoms with Gasteiger partial charge < -0.3 is 4.57 Å². The van der Waals surface area contributed by atoms with Crippen molar-refractivity contribution in [3.05, 3.63) is 47.4 Å². The molecule has 1 aliphatic carbocycles. The highest BCUT2D eigenvalue weighted by Gasteiger charge is 2.29. The second kappa shape index (κ2) is 8.50. The number of nitriles is 1. The summed E-state index contributed by atoms with van der Waals surface area (Å²) in [5, 5.41) is 10.5. The topological polar surface area (TPSA) is 87.8 Å². The first-order chi connectivity index (χ1) is 15.6. The SMILES string of the molecule is Cc1cc2c(cc1F)c(C#N)c(-c1ccc(S(=O)(=O)NC(C)(C)CF)cn1)n2C1CCCC1. The van der Waals surface area contributed by atoms with E-state index in [1.54, 1.807) is 19.1 Å². The van der Waals surface area contributed by atoms with Gasteiger partial charge in [-0.25, -0.2) is 21.9 Å². The molecule has 6 nitrogen and oxygen atoms in total. The number of alkyl halides is 1. The molecule has 0 unspecified atom stereocenters. The standard InChI is InChI=1S/C24H26F2N4O2S/c1-15-10-22-18(11-20(15)26)19(12-27)23(30(22)16-6-4-5-7-16)21-9-8-17(13-28-21)33(31,32)29-24(2,3)14-25/h8-11,13,16,29H,4-7,14H2,1-3H3. The van der Waals surface area contributed by atoms with Gasteiger partial charge in [-0.2, -0.15) is 5.26 Å². The summed E-state index contributed by atoms with van der Waals surface area (Å²) in [6, 6.07) is 8.44. The van der Waals surface area contributed by atoms with Crippen LogP contribution in [0.1, 0.15) is 56.7 Å². The fourth-order valence-corrected chi connectivity index (χ4v) is 5.81. The van der Waals surface area contributed by atoms with Gasteiger partial charge in [0.25, 0.3) is 0 Å². The van der Waals surface area contributed by atoms with Gasteiger partial charge in [0, 0.05) is 17.6 Å². The van der Waals surface area contributed by atoms with E-state index in [0.29, 0.717) is 27.9 Å². The first kappa shape index (κ1) is 23.3. The monoisotopic (exact) mass is 472 g/mol. The molecule has 9 heteroatoms. The van der Waals surface area contributed by atoms with E-state index in [-0.39, 0.29) is 16.8 Å². The number of hydrogen-bond acceptors (Lipinski definition) is 4. The van der Waals surface area contributed by atoms with Crippen LogP contribution in [0.4, 0.5) is 8.78 Å². The Hall–Kier alpha value is -2.83. The summed E-state index contributed by atoms with van der Waals surface area (Å²) < 4.78 is 57.2. The molecule has 4 rings (SSSR count). The molecule has 0 aliphatic heterocycles. The largest absolute Gasteiger partial charge is 0.335 e. The third kappa shape index (κ3) is 4.25. The third-order valence-electron chi connectivity index (χ3n) is 6.12. The summed E-state index contributed by atoms with van der Waals surface area (Å²) in [6.45, 7) is 3.73. The molecule has 174 valence electrons. The van der Waals surface area contributed by atoms with E-state index in [0.717, 1.165) is 31.2 Å². The minimum Gasteiger partial charge on any atom is -0.335 e. The summed E-state index contributed by atoms with van der Waals surface area (Å²) in [6.07, 6.45) is 5.20. The highest BCUT2D eigenvalue weighted by Crippen LogP contribution is 2.41. The molecule has 2 aromatic heterocycles. The molecule has 0 bridgehead atoms. The fraction of sp³-hybridized carbons (Fsp3) is 0.417. The Morgan fingerprint density at radius 2 is 1.97 bits per heavy atom. The van der Waals surface area contributed by atoms with Crippen LogP contribution in [-0.2, 0) is 10.0 Å². The van der Waals surface area contributed by atoms with Crippen LogP contribution in [-0.4, -0.2) is 30.2 Å². The number of halogens is 2. The summed E-state index contributed by atoms with van der Waals surface area (Å²) >= 11 is 0. The van der Waals surface area contributed by atoms with E-state index in [9.17, 15) is 22.5 Å². The zero-order valence-corrected chi connectivity index (χ0v) is 19.6. The minimum absolute atomic E-state index is 0.100. The van der Waals surface area contributed by atoms with Crippen LogP contribution in [0.2, 0.25) is 0 Å². The number of nitrogens with one attached hydrogen (secondary N) is 1. The lowest BCUT2D eigenvalue weighted by Gasteiger charge is -2.22. The lowest BCUT2D eigenvalue weighted by atomic mass is 10.1. The summed E-state index contributed by atoms with van der Waals surface area (Å²) in [4.78, 5) is 4.27. The Labute approximate surface area is 192 Å². The highest BCUT2D eigenvalue weighted by molar-refractivity contribution is 7.89. The van der Waals surface area contributed by atoms with E-state index < -0.39 is 22.2 Å². The number of benzene rings is 1. The van der Waals surface area contributed by atoms with Gasteiger partial charge in [-0.05, 0) is 63.4 Å². The molecule has 3 aromatic rings. The van der Waals surface area contributed by atoms with Gasteiger partial charge in [0.1, 0.15) is 23.5 Å². The predicted octanol–water partition coefficient (Wildman–Crippen LogP) is 5.16. The van der Waals surface area contributed by atoms with Crippen molar-refractivity contribution in [2.24, 2.45) is 0 Å². The lowest BCUT2D eigenvalue weighted by molar-refractivity contribution is 0.326. The van der Waals surface area contributed by atoms with Crippen LogP contribution in [0.3, 0.4) is 0 Å². The van der Waals surface area contributed by atoms with Crippen molar-refractivity contribution in [3.8, 4) is 17.5 Å². The molecule has 1 saturated carbocycles. The second-order valence-corrected chi connectivity index (χ2v) is 10.9. The number of sulfonamides is 1. The van der Waals surface area contributed by atoms with Gasteiger partial charge in [0.15, 0.2) is 0 Å². The molecule has 1 aliphatic rings. The molecule has 33 heavy (non-hydrogen) atoms. The molecule has 0 saturated heterocycles. The maximum Gasteiger partial charge on any atom is 0.242 e. The van der Waals surface area contributed by atoms with Crippen LogP contribution in [0.5, 0.6) is 0 Å². The number of pyridine rings is 1. The first-order valence-corrected chi connectivity index (χ1v) is 12.4. The van der Waals surface area contributed by atoms with E-state index in [4.69, 9.17) is 0 Å². The van der Waals surface area contributed by atoms with Gasteiger partial charge >= 0.3 is 0 Å². The van der Waals surface area contributed by atoms with Crippen LogP contribution in [0.15, 0.2) is 35.4 Å². The van der Waals surface area contributed by atoms with E-state index in [2.05, 4.69) is 20.3 Å². The minimum atomic E-state index is -3.98. The molecular formula is C24H26F2N4O2S. The average Bonchev–Trinajstić information content (AvgIpc) is 3.39. The Balaban J connectivity index is 1.88. The van der Waals surface area contributed by atoms with Gasteiger partial charge in [0.05, 0.1) is 28.0 Å². The summed E-state index contributed by atoms with van der Waals surface area (Å²) in [5.74, 6) is -0.384. The molecule has 2 heterocycles. The first-order valence-electron chi connectivity index (χ1n) is 10.9. The van der Waals surface area contributed by atoms with Crippen molar-refractivity contribution in [1.29, 1.82) is 5.26 Å². The molecule has 1 fully saturated rings. The van der Waals surface area contributed by atoms with Crippen LogP contribution >= 0.6 is 0 Å². The Morgan fingerprint density at radius 3 is 2.55 bits per heavy atom. The maximum atomic E-state index is 14.4. The van der Waals surface area contributed by atoms with E-state index in [1.807, 2.05) is 0 Å². The summed E-state index contributed by atoms with van der Waals surface area (Å²) in [5.41, 5.74) is 1.32. The number of hydrogen-bond donors (Lipinski definition) is 1. The normalized spacial score (nSPS) is 15.3. The van der Waals surface area contributed by atoms with Crippen molar-refractivity contribution in [1.82, 2.24) is 14.3 Å². The third-order valence-corrected chi connectivity index (χ3v) is 7.80. The van der Waals surface area contributed by atoms with Crippen LogP contribution < -0.4 is 4.72 Å². The molecule has 0 amide bonds. The smallest absolute Gasteiger partial charge is 0.242 e. The van der Waals surface area contributed by atoms with Gasteiger partial charge in [0.2, 0.25) is 10.0 Å². The predicted molar refractivity (Wildman–Crippen MR) is 122 cm³/mol. The lowest BCUT2D eigenvalue weighted by Crippen LogP contribution is -2.45. The number of aromatic nitrogens is 2. The number of fused-ring (bicyclic) bond motifs is 1. The zero-order valence-electron chi connectivity index (χ0n) is 18.8. The molecular weight excluding hydrogens is 446 g/mol. The van der Waals surface area contributed by atoms with Crippen molar-refractivity contribution in [2.45, 2.75) is 62.9 Å². The fourth-order valence-electron chi connectivity index (χ4n) is 4.47. The van der Waals surface area contributed by atoms with Crippen molar-refractivity contribution < 1.29 is 17.2 Å². The van der Waals surface area contributed by atoms with Crippen molar-refractivity contribution in [3.63, 3.8) is 0 Å². The number of rotatable bonds is 6. The van der Waals surface area contributed by atoms with Crippen molar-refractivity contribution >= 4 is 20.9 Å². The number of nitrogens with zero attached hydrogens (tertiary/aromatic N) is 3. The van der Waals surface area contributed by atoms with Gasteiger partial charge in [-0.3, -0.25) is 4.98 Å². The van der Waals surface area contributed by atoms with Gasteiger partial charge in [-0.1, -0.05) is 12.8 Å². The molecule has 0 radical (unpaired) electrons. The van der Waals surface area contributed by atoms with Crippen LogP contribution in [0, 0.1) is 24.1 Å². The van der Waals surface area contributed by atoms with E-state index in [1.165, 1.54) is 32.2 Å². The Morgan fingerprint density at radius 1 is 1.27 bits per heavy atom. The van der Waals surface area contributed by atoms with Crippen LogP contribution in [0.25, 0.3) is 22.3 Å². The highest BCUT2D eigenvalue weighted by atomic mass is 32.2. The Bertz CT molecular complexity index is 1350. The molecule has 1 N–H and O–H groups in total. The average molecular weight is 473 g/mol. The quantitative estimate of drug-likeness (QED) is 0.537. The van der Waals surface area contributed by atoms with Crippen molar-refractivity contribution in [2.75, 3.05) is 6.67 Å². The molecule has 1 aromatic carbocycles. The maximum absolute atomic E-state index is 14.4. The summed E-state index contributed by atoms with van der Waals surface area (Å²) in [7, 11) is -3.98. The van der Waals surface area contributed by atoms with E-state index >= 15 is 0 Å². The number of aryl methyl sites for hydroxylation is 1. The van der Waals surface area contributed by atoms with Gasteiger partial charge in [-0.15, -0.1) is 0 Å². The zero-order chi connectivity index (χ0) is 24.0. The molecule has 0 spiro atoms. The second-order valence-electron chi connectivity index (χ2n) is 9.26. The molecule has 0 atom stereocenters.